The number of morpholine rings is 1. The third-order valence-corrected chi connectivity index (χ3v) is 4.25. The maximum Gasteiger partial charge on any atom is 0.313 e. The van der Waals surface area contributed by atoms with Crippen LogP contribution in [0.2, 0.25) is 0 Å². The molecule has 2 N–H and O–H groups in total. The summed E-state index contributed by atoms with van der Waals surface area (Å²) >= 11 is 0. The molecular formula is C19H23N3O3. The zero-order valence-electron chi connectivity index (χ0n) is 14.2. The van der Waals surface area contributed by atoms with Gasteiger partial charge in [0.25, 0.3) is 0 Å². The monoisotopic (exact) mass is 341 g/mol. The van der Waals surface area contributed by atoms with Crippen LogP contribution in [0.25, 0.3) is 10.8 Å². The van der Waals surface area contributed by atoms with Crippen LogP contribution in [0.3, 0.4) is 0 Å². The van der Waals surface area contributed by atoms with Gasteiger partial charge in [0, 0.05) is 25.3 Å². The normalized spacial score (nSPS) is 15.0. The van der Waals surface area contributed by atoms with Gasteiger partial charge in [0.1, 0.15) is 0 Å². The van der Waals surface area contributed by atoms with Crippen molar-refractivity contribution in [3.05, 3.63) is 42.5 Å². The summed E-state index contributed by atoms with van der Waals surface area (Å²) in [4.78, 5) is 26.2. The number of hydrogen-bond donors (Lipinski definition) is 2. The number of rotatable bonds is 5. The fraction of sp³-hybridized carbons (Fsp3) is 0.368. The van der Waals surface area contributed by atoms with Crippen molar-refractivity contribution in [1.29, 1.82) is 0 Å². The molecule has 2 aromatic rings. The first kappa shape index (κ1) is 17.4. The van der Waals surface area contributed by atoms with Crippen molar-refractivity contribution in [2.75, 3.05) is 44.7 Å². The highest BCUT2D eigenvalue weighted by atomic mass is 16.5. The van der Waals surface area contributed by atoms with E-state index in [9.17, 15) is 9.59 Å². The molecule has 0 aromatic heterocycles. The topological polar surface area (TPSA) is 70.7 Å². The number of benzene rings is 2. The molecule has 1 heterocycles. The Bertz CT molecular complexity index is 742. The smallest absolute Gasteiger partial charge is 0.313 e. The summed E-state index contributed by atoms with van der Waals surface area (Å²) in [5.74, 6) is -1.24. The van der Waals surface area contributed by atoms with Gasteiger partial charge in [-0.3, -0.25) is 14.5 Å². The number of nitrogens with zero attached hydrogens (tertiary/aromatic N) is 1. The van der Waals surface area contributed by atoms with E-state index in [4.69, 9.17) is 4.74 Å². The predicted molar refractivity (Wildman–Crippen MR) is 97.5 cm³/mol. The van der Waals surface area contributed by atoms with Gasteiger partial charge in [-0.15, -0.1) is 0 Å². The highest BCUT2D eigenvalue weighted by Gasteiger charge is 2.14. The largest absolute Gasteiger partial charge is 0.379 e. The van der Waals surface area contributed by atoms with Crippen LogP contribution in [-0.2, 0) is 14.3 Å². The Morgan fingerprint density at radius 1 is 1.00 bits per heavy atom. The molecule has 0 bridgehead atoms. The first-order chi connectivity index (χ1) is 12.2. The highest BCUT2D eigenvalue weighted by Crippen LogP contribution is 2.18. The summed E-state index contributed by atoms with van der Waals surface area (Å²) in [6.07, 6.45) is 0.814. The Labute approximate surface area is 147 Å². The number of amides is 2. The Balaban J connectivity index is 1.42. The minimum absolute atomic E-state index is 0.487. The molecular weight excluding hydrogens is 318 g/mol. The van der Waals surface area contributed by atoms with Gasteiger partial charge >= 0.3 is 11.8 Å². The minimum atomic E-state index is -0.637. The quantitative estimate of drug-likeness (QED) is 0.640. The molecule has 0 radical (unpaired) electrons. The molecule has 1 aliphatic rings. The molecule has 0 atom stereocenters. The molecule has 0 unspecified atom stereocenters. The molecule has 1 aliphatic heterocycles. The van der Waals surface area contributed by atoms with Crippen LogP contribution in [-0.4, -0.2) is 56.1 Å². The van der Waals surface area contributed by atoms with E-state index in [0.29, 0.717) is 12.2 Å². The summed E-state index contributed by atoms with van der Waals surface area (Å²) in [6, 6.07) is 13.5. The molecule has 1 fully saturated rings. The molecule has 6 nitrogen and oxygen atoms in total. The number of carbonyl (C=O) groups excluding carboxylic acids is 2. The van der Waals surface area contributed by atoms with Gasteiger partial charge in [-0.05, 0) is 35.9 Å². The van der Waals surface area contributed by atoms with Gasteiger partial charge in [-0.1, -0.05) is 30.3 Å². The highest BCUT2D eigenvalue weighted by molar-refractivity contribution is 6.39. The number of fused-ring (bicyclic) bond motifs is 1. The second-order valence-corrected chi connectivity index (χ2v) is 6.08. The van der Waals surface area contributed by atoms with Crippen molar-refractivity contribution >= 4 is 28.3 Å². The van der Waals surface area contributed by atoms with Gasteiger partial charge in [-0.2, -0.15) is 0 Å². The van der Waals surface area contributed by atoms with Gasteiger partial charge in [0.05, 0.1) is 13.2 Å². The van der Waals surface area contributed by atoms with Gasteiger partial charge < -0.3 is 15.4 Å². The predicted octanol–water partition coefficient (Wildman–Crippen LogP) is 1.62. The van der Waals surface area contributed by atoms with E-state index in [1.54, 1.807) is 6.07 Å². The van der Waals surface area contributed by atoms with E-state index in [-0.39, 0.29) is 0 Å². The molecule has 3 rings (SSSR count). The Morgan fingerprint density at radius 2 is 1.76 bits per heavy atom. The van der Waals surface area contributed by atoms with E-state index < -0.39 is 11.8 Å². The molecule has 2 amide bonds. The average Bonchev–Trinajstić information content (AvgIpc) is 2.65. The van der Waals surface area contributed by atoms with Crippen LogP contribution >= 0.6 is 0 Å². The summed E-state index contributed by atoms with van der Waals surface area (Å²) in [7, 11) is 0. The molecule has 0 spiro atoms. The molecule has 6 heteroatoms. The SMILES string of the molecule is O=C(NCCCN1CCOCC1)C(=O)Nc1ccc2ccccc2c1. The summed E-state index contributed by atoms with van der Waals surface area (Å²) in [5, 5.41) is 7.43. The van der Waals surface area contributed by atoms with Crippen LogP contribution in [0.5, 0.6) is 0 Å². The lowest BCUT2D eigenvalue weighted by Gasteiger charge is -2.26. The fourth-order valence-corrected chi connectivity index (χ4v) is 2.86. The number of ether oxygens (including phenoxy) is 1. The van der Waals surface area contributed by atoms with Crippen molar-refractivity contribution in [2.45, 2.75) is 6.42 Å². The molecule has 132 valence electrons. The van der Waals surface area contributed by atoms with E-state index in [0.717, 1.165) is 50.0 Å². The number of anilines is 1. The molecule has 0 aliphatic carbocycles. The Kier molecular flexibility index (Phi) is 5.98. The lowest BCUT2D eigenvalue weighted by atomic mass is 10.1. The molecule has 1 saturated heterocycles. The van der Waals surface area contributed by atoms with Gasteiger partial charge in [0.15, 0.2) is 0 Å². The third-order valence-electron chi connectivity index (χ3n) is 4.25. The van der Waals surface area contributed by atoms with Gasteiger partial charge in [-0.25, -0.2) is 0 Å². The molecule has 25 heavy (non-hydrogen) atoms. The Hall–Kier alpha value is -2.44. The van der Waals surface area contributed by atoms with Crippen molar-refractivity contribution in [1.82, 2.24) is 10.2 Å². The lowest BCUT2D eigenvalue weighted by molar-refractivity contribution is -0.136. The van der Waals surface area contributed by atoms with Crippen LogP contribution in [0, 0.1) is 0 Å². The molecule has 0 saturated carbocycles. The first-order valence-electron chi connectivity index (χ1n) is 8.60. The number of carbonyl (C=O) groups is 2. The van der Waals surface area contributed by atoms with E-state index >= 15 is 0 Å². The second kappa shape index (κ2) is 8.60. The van der Waals surface area contributed by atoms with Crippen LogP contribution in [0.15, 0.2) is 42.5 Å². The standard InChI is InChI=1S/C19H23N3O3/c23-18(20-8-3-9-22-10-12-25-13-11-22)19(24)21-17-7-6-15-4-1-2-5-16(15)14-17/h1-2,4-7,14H,3,8-13H2,(H,20,23)(H,21,24). The fourth-order valence-electron chi connectivity index (χ4n) is 2.86. The average molecular weight is 341 g/mol. The lowest BCUT2D eigenvalue weighted by Crippen LogP contribution is -2.39. The number of nitrogens with one attached hydrogen (secondary N) is 2. The molecule has 2 aromatic carbocycles. The Morgan fingerprint density at radius 3 is 2.56 bits per heavy atom. The van der Waals surface area contributed by atoms with Gasteiger partial charge in [0.2, 0.25) is 0 Å². The second-order valence-electron chi connectivity index (χ2n) is 6.08. The van der Waals surface area contributed by atoms with Crippen molar-refractivity contribution in [3.63, 3.8) is 0 Å². The summed E-state index contributed by atoms with van der Waals surface area (Å²) in [6.45, 7) is 4.77. The van der Waals surface area contributed by atoms with Crippen LogP contribution < -0.4 is 10.6 Å². The van der Waals surface area contributed by atoms with E-state index in [1.807, 2.05) is 36.4 Å². The van der Waals surface area contributed by atoms with Crippen LogP contribution in [0.1, 0.15) is 6.42 Å². The maximum absolute atomic E-state index is 12.0. The zero-order valence-corrected chi connectivity index (χ0v) is 14.2. The van der Waals surface area contributed by atoms with Crippen LogP contribution in [0.4, 0.5) is 5.69 Å². The van der Waals surface area contributed by atoms with Crippen molar-refractivity contribution in [2.24, 2.45) is 0 Å². The van der Waals surface area contributed by atoms with E-state index in [1.165, 1.54) is 0 Å². The van der Waals surface area contributed by atoms with Crippen molar-refractivity contribution in [3.8, 4) is 0 Å². The van der Waals surface area contributed by atoms with E-state index in [2.05, 4.69) is 15.5 Å². The first-order valence-corrected chi connectivity index (χ1v) is 8.60. The minimum Gasteiger partial charge on any atom is -0.379 e. The van der Waals surface area contributed by atoms with Crippen molar-refractivity contribution < 1.29 is 14.3 Å². The summed E-state index contributed by atoms with van der Waals surface area (Å²) < 4.78 is 5.29. The summed E-state index contributed by atoms with van der Waals surface area (Å²) in [5.41, 5.74) is 0.618. The zero-order chi connectivity index (χ0) is 17.5. The third kappa shape index (κ3) is 5.01. The maximum atomic E-state index is 12.0. The number of hydrogen-bond acceptors (Lipinski definition) is 4.